The highest BCUT2D eigenvalue weighted by Crippen LogP contribution is 2.30. The maximum atomic E-state index is 11.8. The molecule has 1 N–H and O–H groups in total. The van der Waals surface area contributed by atoms with Crippen LogP contribution in [0.15, 0.2) is 48.5 Å². The van der Waals surface area contributed by atoms with Crippen LogP contribution in [0.5, 0.6) is 0 Å². The van der Waals surface area contributed by atoms with Crippen molar-refractivity contribution in [1.29, 1.82) is 0 Å². The lowest BCUT2D eigenvalue weighted by molar-refractivity contribution is 0.0697. The molecule has 2 aromatic carbocycles. The zero-order valence-corrected chi connectivity index (χ0v) is 13.4. The molecule has 0 bridgehead atoms. The summed E-state index contributed by atoms with van der Waals surface area (Å²) in [6.45, 7) is 5.80. The van der Waals surface area contributed by atoms with Crippen molar-refractivity contribution >= 4 is 5.97 Å². The van der Waals surface area contributed by atoms with Crippen LogP contribution in [0.1, 0.15) is 27.2 Å². The normalized spacial score (nSPS) is 10.7. The van der Waals surface area contributed by atoms with E-state index in [9.17, 15) is 9.90 Å². The second kappa shape index (κ2) is 5.72. The molecular weight excluding hydrogens is 288 g/mol. The van der Waals surface area contributed by atoms with Gasteiger partial charge in [-0.25, -0.2) is 9.48 Å². The predicted octanol–water partition coefficient (Wildman–Crippen LogP) is 4.16. The van der Waals surface area contributed by atoms with E-state index >= 15 is 0 Å². The quantitative estimate of drug-likeness (QED) is 0.790. The van der Waals surface area contributed by atoms with Gasteiger partial charge in [0.25, 0.3) is 0 Å². The zero-order valence-electron chi connectivity index (χ0n) is 13.4. The molecule has 0 aliphatic carbocycles. The Morgan fingerprint density at radius 2 is 1.70 bits per heavy atom. The van der Waals surface area contributed by atoms with E-state index in [-0.39, 0.29) is 5.56 Å². The highest BCUT2D eigenvalue weighted by Gasteiger charge is 2.23. The van der Waals surface area contributed by atoms with E-state index in [1.165, 1.54) is 0 Å². The molecule has 0 spiro atoms. The summed E-state index contributed by atoms with van der Waals surface area (Å²) >= 11 is 0. The van der Waals surface area contributed by atoms with E-state index in [1.807, 2.05) is 62.4 Å². The molecule has 0 saturated carbocycles. The van der Waals surface area contributed by atoms with Crippen LogP contribution in [0.3, 0.4) is 0 Å². The number of aromatic nitrogens is 2. The first-order valence-corrected chi connectivity index (χ1v) is 7.45. The van der Waals surface area contributed by atoms with Crippen molar-refractivity contribution in [2.75, 3.05) is 0 Å². The summed E-state index contributed by atoms with van der Waals surface area (Å²) in [4.78, 5) is 11.8. The van der Waals surface area contributed by atoms with Gasteiger partial charge in [0, 0.05) is 5.56 Å². The van der Waals surface area contributed by atoms with Crippen LogP contribution < -0.4 is 0 Å². The molecule has 3 rings (SSSR count). The minimum atomic E-state index is -0.960. The van der Waals surface area contributed by atoms with Crippen molar-refractivity contribution in [1.82, 2.24) is 9.78 Å². The van der Waals surface area contributed by atoms with Gasteiger partial charge in [-0.1, -0.05) is 42.5 Å². The van der Waals surface area contributed by atoms with Crippen molar-refractivity contribution in [3.8, 4) is 16.9 Å². The first-order chi connectivity index (χ1) is 11.0. The highest BCUT2D eigenvalue weighted by atomic mass is 16.4. The highest BCUT2D eigenvalue weighted by molar-refractivity contribution is 5.96. The molecule has 4 nitrogen and oxygen atoms in total. The largest absolute Gasteiger partial charge is 0.478 e. The lowest BCUT2D eigenvalue weighted by atomic mass is 10.0. The summed E-state index contributed by atoms with van der Waals surface area (Å²) in [5, 5.41) is 14.2. The van der Waals surface area contributed by atoms with Crippen LogP contribution in [0.4, 0.5) is 0 Å². The van der Waals surface area contributed by atoms with Crippen LogP contribution in [-0.2, 0) is 0 Å². The molecule has 0 radical (unpaired) electrons. The molecule has 0 fully saturated rings. The number of nitrogens with zero attached hydrogens (tertiary/aromatic N) is 2. The first-order valence-electron chi connectivity index (χ1n) is 7.45. The summed E-state index contributed by atoms with van der Waals surface area (Å²) in [5.74, 6) is -0.960. The molecule has 0 aliphatic heterocycles. The smallest absolute Gasteiger partial charge is 0.339 e. The Morgan fingerprint density at radius 3 is 2.35 bits per heavy atom. The molecule has 116 valence electrons. The van der Waals surface area contributed by atoms with Gasteiger partial charge in [-0.3, -0.25) is 0 Å². The fraction of sp³-hybridized carbons (Fsp3) is 0.158. The predicted molar refractivity (Wildman–Crippen MR) is 90.2 cm³/mol. The van der Waals surface area contributed by atoms with Crippen LogP contribution in [0.25, 0.3) is 16.9 Å². The Labute approximate surface area is 135 Å². The van der Waals surface area contributed by atoms with Crippen molar-refractivity contribution in [2.24, 2.45) is 0 Å². The molecule has 0 amide bonds. The molecule has 0 saturated heterocycles. The Bertz CT molecular complexity index is 880. The fourth-order valence-corrected chi connectivity index (χ4v) is 2.79. The van der Waals surface area contributed by atoms with E-state index in [4.69, 9.17) is 0 Å². The van der Waals surface area contributed by atoms with Gasteiger partial charge in [-0.05, 0) is 38.0 Å². The molecule has 1 aromatic heterocycles. The van der Waals surface area contributed by atoms with E-state index in [1.54, 1.807) is 11.6 Å². The van der Waals surface area contributed by atoms with Gasteiger partial charge in [-0.15, -0.1) is 0 Å². The minimum absolute atomic E-state index is 0.247. The maximum Gasteiger partial charge on any atom is 0.339 e. The van der Waals surface area contributed by atoms with Gasteiger partial charge in [0.1, 0.15) is 5.56 Å². The van der Waals surface area contributed by atoms with Gasteiger partial charge in [0.05, 0.1) is 17.1 Å². The number of aromatic carboxylic acids is 1. The standard InChI is InChI=1S/C19H18N2O2/c1-12-8-7-11-16(13(12)2)21-18(15-9-5-4-6-10-15)17(19(22)23)14(3)20-21/h4-11H,1-3H3,(H,22,23). The SMILES string of the molecule is Cc1cccc(-n2nc(C)c(C(=O)O)c2-c2ccccc2)c1C. The maximum absolute atomic E-state index is 11.8. The number of hydrogen-bond acceptors (Lipinski definition) is 2. The van der Waals surface area contributed by atoms with Crippen molar-refractivity contribution < 1.29 is 9.90 Å². The average Bonchev–Trinajstić information content (AvgIpc) is 2.88. The summed E-state index contributed by atoms with van der Waals surface area (Å²) in [7, 11) is 0. The van der Waals surface area contributed by atoms with Gasteiger partial charge in [0.15, 0.2) is 0 Å². The van der Waals surface area contributed by atoms with Crippen LogP contribution in [-0.4, -0.2) is 20.9 Å². The summed E-state index contributed by atoms with van der Waals surface area (Å²) in [6.07, 6.45) is 0. The van der Waals surface area contributed by atoms with Crippen molar-refractivity contribution in [2.45, 2.75) is 20.8 Å². The van der Waals surface area contributed by atoms with Gasteiger partial charge < -0.3 is 5.11 Å². The summed E-state index contributed by atoms with van der Waals surface area (Å²) in [5.41, 5.74) is 5.35. The zero-order chi connectivity index (χ0) is 16.6. The molecular formula is C19H18N2O2. The van der Waals surface area contributed by atoms with Crippen LogP contribution in [0.2, 0.25) is 0 Å². The van der Waals surface area contributed by atoms with E-state index in [0.717, 1.165) is 22.4 Å². The third-order valence-corrected chi connectivity index (χ3v) is 4.13. The number of hydrogen-bond donors (Lipinski definition) is 1. The van der Waals surface area contributed by atoms with E-state index < -0.39 is 5.97 Å². The molecule has 4 heteroatoms. The third kappa shape index (κ3) is 2.52. The number of carboxylic acid groups (broad SMARTS) is 1. The van der Waals surface area contributed by atoms with Crippen LogP contribution >= 0.6 is 0 Å². The van der Waals surface area contributed by atoms with Gasteiger partial charge >= 0.3 is 5.97 Å². The minimum Gasteiger partial charge on any atom is -0.478 e. The van der Waals surface area contributed by atoms with E-state index in [2.05, 4.69) is 5.10 Å². The van der Waals surface area contributed by atoms with Crippen LogP contribution in [0, 0.1) is 20.8 Å². The average molecular weight is 306 g/mol. The van der Waals surface area contributed by atoms with E-state index in [0.29, 0.717) is 11.4 Å². The molecule has 0 aliphatic rings. The lowest BCUT2D eigenvalue weighted by Gasteiger charge is -2.13. The summed E-state index contributed by atoms with van der Waals surface area (Å²) in [6, 6.07) is 15.5. The molecule has 1 heterocycles. The van der Waals surface area contributed by atoms with Gasteiger partial charge in [0.2, 0.25) is 0 Å². The molecule has 0 unspecified atom stereocenters. The monoisotopic (exact) mass is 306 g/mol. The first kappa shape index (κ1) is 15.0. The lowest BCUT2D eigenvalue weighted by Crippen LogP contribution is -2.05. The third-order valence-electron chi connectivity index (χ3n) is 4.13. The summed E-state index contributed by atoms with van der Waals surface area (Å²) < 4.78 is 1.75. The number of rotatable bonds is 3. The second-order valence-corrected chi connectivity index (χ2v) is 5.61. The molecule has 23 heavy (non-hydrogen) atoms. The Balaban J connectivity index is 2.36. The van der Waals surface area contributed by atoms with Gasteiger partial charge in [-0.2, -0.15) is 5.10 Å². The molecule has 3 aromatic rings. The second-order valence-electron chi connectivity index (χ2n) is 5.61. The Morgan fingerprint density at radius 1 is 1.00 bits per heavy atom. The number of benzene rings is 2. The number of aryl methyl sites for hydroxylation is 2. The Hall–Kier alpha value is -2.88. The number of carbonyl (C=O) groups is 1. The fourth-order valence-electron chi connectivity index (χ4n) is 2.79. The van der Waals surface area contributed by atoms with Crippen molar-refractivity contribution in [3.63, 3.8) is 0 Å². The Kier molecular flexibility index (Phi) is 3.74. The van der Waals surface area contributed by atoms with Crippen molar-refractivity contribution in [3.05, 3.63) is 70.9 Å². The number of carboxylic acids is 1. The molecule has 0 atom stereocenters. The topological polar surface area (TPSA) is 55.1 Å².